The number of carbonyl (C=O) groups is 1. The number of ether oxygens (including phenoxy) is 1. The summed E-state index contributed by atoms with van der Waals surface area (Å²) in [5, 5.41) is 0. The third-order valence-corrected chi connectivity index (χ3v) is 6.19. The fourth-order valence-corrected chi connectivity index (χ4v) is 3.78. The quantitative estimate of drug-likeness (QED) is 0.133. The van der Waals surface area contributed by atoms with Gasteiger partial charge in [-0.1, -0.05) is 22.0 Å². The van der Waals surface area contributed by atoms with Crippen molar-refractivity contribution in [1.82, 2.24) is 4.98 Å². The molecule has 0 aliphatic heterocycles. The Morgan fingerprint density at radius 2 is 1.69 bits per heavy atom. The third-order valence-electron chi connectivity index (χ3n) is 5.66. The van der Waals surface area contributed by atoms with E-state index >= 15 is 0 Å². The molecule has 0 unspecified atom stereocenters. The van der Waals surface area contributed by atoms with E-state index in [4.69, 9.17) is 9.15 Å². The van der Waals surface area contributed by atoms with E-state index in [-0.39, 0.29) is 0 Å². The Balaban J connectivity index is 1.28. The lowest BCUT2D eigenvalue weighted by Gasteiger charge is -2.04. The van der Waals surface area contributed by atoms with Gasteiger partial charge in [0, 0.05) is 16.3 Å². The van der Waals surface area contributed by atoms with E-state index in [1.54, 1.807) is 42.6 Å². The number of aromatic nitrogens is 1. The maximum atomic E-state index is 12.3. The van der Waals surface area contributed by atoms with Crippen LogP contribution in [0.1, 0.15) is 27.0 Å². The van der Waals surface area contributed by atoms with Crippen molar-refractivity contribution in [2.75, 3.05) is 0 Å². The normalized spacial score (nSPS) is 11.3. The Hall–Kier alpha value is -4.03. The topological polar surface area (TPSA) is 64.7 Å². The van der Waals surface area contributed by atoms with Crippen LogP contribution in [0.3, 0.4) is 0 Å². The van der Waals surface area contributed by atoms with Crippen LogP contribution in [-0.2, 0) is 0 Å². The Labute approximate surface area is 211 Å². The average molecular weight is 525 g/mol. The molecule has 0 aliphatic rings. The van der Waals surface area contributed by atoms with Crippen molar-refractivity contribution in [3.05, 3.63) is 112 Å². The number of nitrogens with zero attached hydrogens (tertiary/aromatic N) is 2. The van der Waals surface area contributed by atoms with Crippen LogP contribution in [0.4, 0.5) is 5.69 Å². The first-order valence-corrected chi connectivity index (χ1v) is 11.8. The van der Waals surface area contributed by atoms with Crippen LogP contribution in [0.15, 0.2) is 98.8 Å². The number of aryl methyl sites for hydroxylation is 2. The van der Waals surface area contributed by atoms with Crippen LogP contribution in [0.2, 0.25) is 0 Å². The number of carbonyl (C=O) groups excluding carboxylic acids is 1. The van der Waals surface area contributed by atoms with E-state index < -0.39 is 5.97 Å². The second kappa shape index (κ2) is 9.68. The third kappa shape index (κ3) is 5.23. The zero-order valence-electron chi connectivity index (χ0n) is 19.2. The van der Waals surface area contributed by atoms with Gasteiger partial charge in [0.05, 0.1) is 11.3 Å². The van der Waals surface area contributed by atoms with E-state index in [2.05, 4.69) is 51.9 Å². The number of hydrogen-bond donors (Lipinski definition) is 0. The number of fused-ring (bicyclic) bond motifs is 1. The smallest absolute Gasteiger partial charge is 0.343 e. The zero-order valence-corrected chi connectivity index (χ0v) is 20.7. The van der Waals surface area contributed by atoms with Gasteiger partial charge in [-0.05, 0) is 109 Å². The van der Waals surface area contributed by atoms with Crippen LogP contribution in [0, 0.1) is 13.8 Å². The first-order chi connectivity index (χ1) is 16.9. The second-order valence-corrected chi connectivity index (χ2v) is 9.11. The largest absolute Gasteiger partial charge is 0.436 e. The van der Waals surface area contributed by atoms with Gasteiger partial charge in [-0.2, -0.15) is 0 Å². The van der Waals surface area contributed by atoms with Gasteiger partial charge >= 0.3 is 5.97 Å². The molecule has 0 bridgehead atoms. The van der Waals surface area contributed by atoms with Gasteiger partial charge in [0.25, 0.3) is 0 Å². The van der Waals surface area contributed by atoms with Gasteiger partial charge in [0.1, 0.15) is 11.3 Å². The maximum absolute atomic E-state index is 12.3. The molecule has 0 amide bonds. The molecule has 5 aromatic rings. The molecule has 0 saturated carbocycles. The fraction of sp³-hybridized carbons (Fsp3) is 0.0690. The number of hydrogen-bond acceptors (Lipinski definition) is 5. The SMILES string of the molecule is Cc1ccc(-c2nc3cc(N=Cc4ccc(OC(=O)c5ccc(Br)cc5)cc4)ccc3o2)cc1C. The molecule has 0 fully saturated rings. The summed E-state index contributed by atoms with van der Waals surface area (Å²) in [6.07, 6.45) is 1.76. The first-order valence-electron chi connectivity index (χ1n) is 11.0. The summed E-state index contributed by atoms with van der Waals surface area (Å²) in [5.41, 5.74) is 6.99. The highest BCUT2D eigenvalue weighted by atomic mass is 79.9. The lowest BCUT2D eigenvalue weighted by Crippen LogP contribution is -2.08. The minimum absolute atomic E-state index is 0.403. The van der Waals surface area contributed by atoms with Gasteiger partial charge < -0.3 is 9.15 Å². The molecule has 0 radical (unpaired) electrons. The van der Waals surface area contributed by atoms with Crippen LogP contribution >= 0.6 is 15.9 Å². The summed E-state index contributed by atoms with van der Waals surface area (Å²) in [6.45, 7) is 4.16. The predicted octanol–water partition coefficient (Wildman–Crippen LogP) is 7.84. The molecule has 35 heavy (non-hydrogen) atoms. The van der Waals surface area contributed by atoms with E-state index in [1.165, 1.54) is 11.1 Å². The van der Waals surface area contributed by atoms with Crippen molar-refractivity contribution >= 4 is 44.9 Å². The summed E-state index contributed by atoms with van der Waals surface area (Å²) in [5.74, 6) is 0.662. The van der Waals surface area contributed by atoms with Crippen LogP contribution in [0.5, 0.6) is 5.75 Å². The monoisotopic (exact) mass is 524 g/mol. The van der Waals surface area contributed by atoms with Crippen molar-refractivity contribution in [1.29, 1.82) is 0 Å². The molecule has 0 spiro atoms. The number of aliphatic imine (C=N–C) groups is 1. The molecule has 5 nitrogen and oxygen atoms in total. The second-order valence-electron chi connectivity index (χ2n) is 8.19. The van der Waals surface area contributed by atoms with Crippen molar-refractivity contribution in [2.24, 2.45) is 4.99 Å². The van der Waals surface area contributed by atoms with Crippen LogP contribution < -0.4 is 4.74 Å². The highest BCUT2D eigenvalue weighted by molar-refractivity contribution is 9.10. The molecular weight excluding hydrogens is 504 g/mol. The van der Waals surface area contributed by atoms with E-state index in [0.29, 0.717) is 22.8 Å². The van der Waals surface area contributed by atoms with E-state index in [1.807, 2.05) is 36.4 Å². The molecule has 0 N–H and O–H groups in total. The minimum atomic E-state index is -0.403. The standard InChI is InChI=1S/C29H21BrN2O3/c1-18-3-6-22(15-19(18)2)28-32-26-16-24(11-14-27(26)35-28)31-17-20-4-12-25(13-5-20)34-29(33)21-7-9-23(30)10-8-21/h3-17H,1-2H3. The number of esters is 1. The van der Waals surface area contributed by atoms with Crippen molar-refractivity contribution in [3.63, 3.8) is 0 Å². The lowest BCUT2D eigenvalue weighted by molar-refractivity contribution is 0.0734. The molecular formula is C29H21BrN2O3. The summed E-state index contributed by atoms with van der Waals surface area (Å²) >= 11 is 3.36. The maximum Gasteiger partial charge on any atom is 0.343 e. The molecule has 172 valence electrons. The van der Waals surface area contributed by atoms with Crippen molar-refractivity contribution < 1.29 is 13.9 Å². The van der Waals surface area contributed by atoms with E-state index in [0.717, 1.165) is 26.8 Å². The molecule has 1 aromatic heterocycles. The Morgan fingerprint density at radius 3 is 2.43 bits per heavy atom. The predicted molar refractivity (Wildman–Crippen MR) is 142 cm³/mol. The first kappa shape index (κ1) is 22.7. The Kier molecular flexibility index (Phi) is 6.29. The summed E-state index contributed by atoms with van der Waals surface area (Å²) in [7, 11) is 0. The summed E-state index contributed by atoms with van der Waals surface area (Å²) < 4.78 is 12.3. The lowest BCUT2D eigenvalue weighted by atomic mass is 10.1. The molecule has 0 saturated heterocycles. The average Bonchev–Trinajstić information content (AvgIpc) is 3.29. The molecule has 1 heterocycles. The van der Waals surface area contributed by atoms with E-state index in [9.17, 15) is 4.79 Å². The molecule has 0 aliphatic carbocycles. The Morgan fingerprint density at radius 1 is 0.914 bits per heavy atom. The number of halogens is 1. The highest BCUT2D eigenvalue weighted by Crippen LogP contribution is 2.28. The van der Waals surface area contributed by atoms with Gasteiger partial charge in [0.2, 0.25) is 5.89 Å². The van der Waals surface area contributed by atoms with Gasteiger partial charge in [-0.15, -0.1) is 0 Å². The minimum Gasteiger partial charge on any atom is -0.436 e. The number of oxazole rings is 1. The van der Waals surface area contributed by atoms with Crippen LogP contribution in [0.25, 0.3) is 22.6 Å². The molecule has 6 heteroatoms. The number of rotatable bonds is 5. The molecule has 5 rings (SSSR count). The van der Waals surface area contributed by atoms with Gasteiger partial charge in [-0.25, -0.2) is 9.78 Å². The highest BCUT2D eigenvalue weighted by Gasteiger charge is 2.10. The zero-order chi connectivity index (χ0) is 24.4. The van der Waals surface area contributed by atoms with Gasteiger partial charge in [0.15, 0.2) is 5.58 Å². The molecule has 4 aromatic carbocycles. The Bertz CT molecular complexity index is 1550. The van der Waals surface area contributed by atoms with Crippen molar-refractivity contribution in [3.8, 4) is 17.2 Å². The summed E-state index contributed by atoms with van der Waals surface area (Å²) in [6, 6.07) is 26.1. The number of benzene rings is 4. The summed E-state index contributed by atoms with van der Waals surface area (Å²) in [4.78, 5) is 21.5. The van der Waals surface area contributed by atoms with Crippen LogP contribution in [-0.4, -0.2) is 17.2 Å². The fourth-order valence-electron chi connectivity index (χ4n) is 3.52. The van der Waals surface area contributed by atoms with Gasteiger partial charge in [-0.3, -0.25) is 4.99 Å². The molecule has 0 atom stereocenters. The van der Waals surface area contributed by atoms with Crippen molar-refractivity contribution in [2.45, 2.75) is 13.8 Å².